The Morgan fingerprint density at radius 2 is 2.08 bits per heavy atom. The third-order valence-electron chi connectivity index (χ3n) is 2.12. The van der Waals surface area contributed by atoms with E-state index in [0.717, 1.165) is 5.56 Å². The van der Waals surface area contributed by atoms with Crippen LogP contribution < -0.4 is 5.32 Å². The molecule has 0 saturated heterocycles. The van der Waals surface area contributed by atoms with Gasteiger partial charge in [0.1, 0.15) is 0 Å². The van der Waals surface area contributed by atoms with E-state index in [1.54, 1.807) is 0 Å². The molecule has 0 radical (unpaired) electrons. The van der Waals surface area contributed by atoms with Crippen LogP contribution in [-0.4, -0.2) is 12.2 Å². The van der Waals surface area contributed by atoms with Crippen LogP contribution in [0.2, 0.25) is 0 Å². The molecular formula is C10H15NO. The van der Waals surface area contributed by atoms with E-state index in [0.29, 0.717) is 6.04 Å². The molecule has 0 amide bonds. The van der Waals surface area contributed by atoms with E-state index in [-0.39, 0.29) is 6.61 Å². The van der Waals surface area contributed by atoms with Crippen molar-refractivity contribution in [1.29, 1.82) is 0 Å². The predicted octanol–water partition coefficient (Wildman–Crippen LogP) is 1.46. The van der Waals surface area contributed by atoms with Gasteiger partial charge in [-0.2, -0.15) is 0 Å². The minimum Gasteiger partial charge on any atom is -0.392 e. The highest BCUT2D eigenvalue weighted by Gasteiger charge is 2.05. The Hall–Kier alpha value is -0.860. The largest absolute Gasteiger partial charge is 0.392 e. The number of nitrogens with one attached hydrogen (secondary N) is 1. The Bertz CT molecular complexity index is 247. The molecule has 0 saturated carbocycles. The molecule has 0 aliphatic rings. The number of aliphatic hydroxyl groups is 1. The third kappa shape index (κ3) is 1.84. The number of aliphatic hydroxyl groups excluding tert-OH is 1. The van der Waals surface area contributed by atoms with E-state index >= 15 is 0 Å². The molecule has 2 nitrogen and oxygen atoms in total. The molecule has 0 aromatic heterocycles. The van der Waals surface area contributed by atoms with Gasteiger partial charge in [-0.15, -0.1) is 0 Å². The number of benzene rings is 1. The summed E-state index contributed by atoms with van der Waals surface area (Å²) < 4.78 is 0. The fourth-order valence-corrected chi connectivity index (χ4v) is 1.26. The molecule has 12 heavy (non-hydrogen) atoms. The Labute approximate surface area is 73.2 Å². The van der Waals surface area contributed by atoms with Crippen molar-refractivity contribution in [2.45, 2.75) is 19.6 Å². The van der Waals surface area contributed by atoms with E-state index in [2.05, 4.69) is 12.2 Å². The molecule has 1 aromatic rings. The van der Waals surface area contributed by atoms with E-state index < -0.39 is 0 Å². The van der Waals surface area contributed by atoms with Gasteiger partial charge in [0.2, 0.25) is 0 Å². The van der Waals surface area contributed by atoms with Crippen molar-refractivity contribution in [3.63, 3.8) is 0 Å². The van der Waals surface area contributed by atoms with Crippen LogP contribution in [0.25, 0.3) is 0 Å². The van der Waals surface area contributed by atoms with Crippen molar-refractivity contribution in [3.8, 4) is 0 Å². The summed E-state index contributed by atoms with van der Waals surface area (Å²) in [7, 11) is 1.92. The summed E-state index contributed by atoms with van der Waals surface area (Å²) in [4.78, 5) is 0. The summed E-state index contributed by atoms with van der Waals surface area (Å²) in [6, 6.07) is 8.21. The number of hydrogen-bond acceptors (Lipinski definition) is 2. The highest BCUT2D eigenvalue weighted by Crippen LogP contribution is 2.16. The van der Waals surface area contributed by atoms with Crippen LogP contribution in [0.5, 0.6) is 0 Å². The lowest BCUT2D eigenvalue weighted by atomic mass is 10.0. The van der Waals surface area contributed by atoms with Crippen LogP contribution in [0.15, 0.2) is 24.3 Å². The highest BCUT2D eigenvalue weighted by atomic mass is 16.3. The van der Waals surface area contributed by atoms with Crippen LogP contribution >= 0.6 is 0 Å². The molecule has 0 aliphatic heterocycles. The van der Waals surface area contributed by atoms with Gasteiger partial charge in [0.15, 0.2) is 0 Å². The molecule has 1 rings (SSSR count). The standard InChI is InChI=1S/C10H15NO/c1-8(11-2)10-6-4-3-5-9(10)7-12/h3-6,8,11-12H,7H2,1-2H3. The lowest BCUT2D eigenvalue weighted by molar-refractivity contribution is 0.279. The van der Waals surface area contributed by atoms with Crippen LogP contribution in [0.3, 0.4) is 0 Å². The van der Waals surface area contributed by atoms with Gasteiger partial charge in [-0.1, -0.05) is 24.3 Å². The SMILES string of the molecule is CNC(C)c1ccccc1CO. The molecule has 1 aromatic carbocycles. The molecular weight excluding hydrogens is 150 g/mol. The highest BCUT2D eigenvalue weighted by molar-refractivity contribution is 5.28. The third-order valence-corrected chi connectivity index (χ3v) is 2.12. The molecule has 0 bridgehead atoms. The summed E-state index contributed by atoms with van der Waals surface area (Å²) in [6.45, 7) is 2.19. The van der Waals surface area contributed by atoms with Crippen molar-refractivity contribution < 1.29 is 5.11 Å². The number of hydrogen-bond donors (Lipinski definition) is 2. The second kappa shape index (κ2) is 4.24. The minimum absolute atomic E-state index is 0.113. The molecule has 1 unspecified atom stereocenters. The van der Waals surface area contributed by atoms with E-state index in [9.17, 15) is 0 Å². The van der Waals surface area contributed by atoms with Crippen LogP contribution in [0, 0.1) is 0 Å². The fraction of sp³-hybridized carbons (Fsp3) is 0.400. The van der Waals surface area contributed by atoms with Gasteiger partial charge in [-0.3, -0.25) is 0 Å². The van der Waals surface area contributed by atoms with Gasteiger partial charge in [-0.25, -0.2) is 0 Å². The van der Waals surface area contributed by atoms with E-state index in [1.165, 1.54) is 5.56 Å². The molecule has 66 valence electrons. The maximum absolute atomic E-state index is 9.04. The average molecular weight is 165 g/mol. The van der Waals surface area contributed by atoms with Crippen LogP contribution in [0.1, 0.15) is 24.1 Å². The average Bonchev–Trinajstić information content (AvgIpc) is 2.16. The van der Waals surface area contributed by atoms with Crippen molar-refractivity contribution in [2.24, 2.45) is 0 Å². The predicted molar refractivity (Wildman–Crippen MR) is 49.8 cm³/mol. The van der Waals surface area contributed by atoms with E-state index in [4.69, 9.17) is 5.11 Å². The summed E-state index contributed by atoms with van der Waals surface area (Å²) >= 11 is 0. The zero-order valence-electron chi connectivity index (χ0n) is 7.54. The van der Waals surface area contributed by atoms with Gasteiger partial charge >= 0.3 is 0 Å². The quantitative estimate of drug-likeness (QED) is 0.710. The van der Waals surface area contributed by atoms with Gasteiger partial charge in [-0.05, 0) is 25.1 Å². The molecule has 1 atom stereocenters. The molecule has 0 fully saturated rings. The monoisotopic (exact) mass is 165 g/mol. The summed E-state index contributed by atoms with van der Waals surface area (Å²) in [5.41, 5.74) is 2.17. The molecule has 0 spiro atoms. The zero-order valence-corrected chi connectivity index (χ0v) is 7.54. The molecule has 0 aliphatic carbocycles. The van der Waals surface area contributed by atoms with Crippen LogP contribution in [-0.2, 0) is 6.61 Å². The van der Waals surface area contributed by atoms with Crippen molar-refractivity contribution in [1.82, 2.24) is 5.32 Å². The van der Waals surface area contributed by atoms with Crippen molar-refractivity contribution >= 4 is 0 Å². The first kappa shape index (κ1) is 9.23. The molecule has 2 heteroatoms. The van der Waals surface area contributed by atoms with Crippen molar-refractivity contribution in [3.05, 3.63) is 35.4 Å². The van der Waals surface area contributed by atoms with Gasteiger partial charge in [0.25, 0.3) is 0 Å². The Morgan fingerprint density at radius 3 is 2.67 bits per heavy atom. The smallest absolute Gasteiger partial charge is 0.0685 e. The Kier molecular flexibility index (Phi) is 3.26. The van der Waals surface area contributed by atoms with Gasteiger partial charge in [0.05, 0.1) is 6.61 Å². The Morgan fingerprint density at radius 1 is 1.42 bits per heavy atom. The lowest BCUT2D eigenvalue weighted by Crippen LogP contribution is -2.14. The van der Waals surface area contributed by atoms with Gasteiger partial charge < -0.3 is 10.4 Å². The molecule has 2 N–H and O–H groups in total. The Balaban J connectivity index is 2.96. The first-order valence-electron chi connectivity index (χ1n) is 4.15. The number of rotatable bonds is 3. The maximum Gasteiger partial charge on any atom is 0.0685 e. The second-order valence-electron chi connectivity index (χ2n) is 2.87. The summed E-state index contributed by atoms with van der Waals surface area (Å²) in [6.07, 6.45) is 0. The van der Waals surface area contributed by atoms with Crippen LogP contribution in [0.4, 0.5) is 0 Å². The van der Waals surface area contributed by atoms with E-state index in [1.807, 2.05) is 31.3 Å². The summed E-state index contributed by atoms with van der Waals surface area (Å²) in [5, 5.41) is 12.2. The normalized spacial score (nSPS) is 12.9. The van der Waals surface area contributed by atoms with Gasteiger partial charge in [0, 0.05) is 6.04 Å². The summed E-state index contributed by atoms with van der Waals surface area (Å²) in [5.74, 6) is 0. The fourth-order valence-electron chi connectivity index (χ4n) is 1.26. The zero-order chi connectivity index (χ0) is 8.97. The maximum atomic E-state index is 9.04. The lowest BCUT2D eigenvalue weighted by Gasteiger charge is -2.13. The van der Waals surface area contributed by atoms with Crippen molar-refractivity contribution in [2.75, 3.05) is 7.05 Å². The topological polar surface area (TPSA) is 32.3 Å². The first-order valence-corrected chi connectivity index (χ1v) is 4.15. The molecule has 0 heterocycles. The second-order valence-corrected chi connectivity index (χ2v) is 2.87. The minimum atomic E-state index is 0.113. The first-order chi connectivity index (χ1) is 5.79.